The molecule has 1 aliphatic rings. The number of nitrogens with zero attached hydrogens (tertiary/aromatic N) is 2. The summed E-state index contributed by atoms with van der Waals surface area (Å²) in [5.74, 6) is 1.99. The molecule has 0 radical (unpaired) electrons. The van der Waals surface area contributed by atoms with Crippen molar-refractivity contribution in [1.29, 1.82) is 0 Å². The Bertz CT molecular complexity index is 665. The second-order valence-corrected chi connectivity index (χ2v) is 5.56. The smallest absolute Gasteiger partial charge is 0.253 e. The zero-order valence-corrected chi connectivity index (χ0v) is 12.4. The van der Waals surface area contributed by atoms with Crippen LogP contribution in [0.3, 0.4) is 0 Å². The highest BCUT2D eigenvalue weighted by atomic mass is 35.5. The van der Waals surface area contributed by atoms with Crippen LogP contribution < -0.4 is 4.74 Å². The first-order valence-electron chi connectivity index (χ1n) is 6.89. The van der Waals surface area contributed by atoms with Gasteiger partial charge in [0.1, 0.15) is 5.75 Å². The standard InChI is InChI=1S/C15H15ClN2O3/c1-9(19)11-5-6-13(12(16)7-11)20-8-14-17-18-15(21-14)10-3-2-4-10/h5-7,10H,2-4,8H2,1H3. The van der Waals surface area contributed by atoms with E-state index >= 15 is 0 Å². The quantitative estimate of drug-likeness (QED) is 0.787. The van der Waals surface area contributed by atoms with Gasteiger partial charge in [-0.3, -0.25) is 4.79 Å². The monoisotopic (exact) mass is 306 g/mol. The number of ketones is 1. The van der Waals surface area contributed by atoms with E-state index < -0.39 is 0 Å². The first-order valence-corrected chi connectivity index (χ1v) is 7.27. The molecule has 110 valence electrons. The van der Waals surface area contributed by atoms with Crippen LogP contribution in [0.4, 0.5) is 0 Å². The molecule has 3 rings (SSSR count). The summed E-state index contributed by atoms with van der Waals surface area (Å²) >= 11 is 6.08. The van der Waals surface area contributed by atoms with E-state index in [-0.39, 0.29) is 12.4 Å². The summed E-state index contributed by atoms with van der Waals surface area (Å²) in [4.78, 5) is 11.3. The van der Waals surface area contributed by atoms with Crippen LogP contribution in [0.15, 0.2) is 22.6 Å². The van der Waals surface area contributed by atoms with E-state index in [9.17, 15) is 4.79 Å². The van der Waals surface area contributed by atoms with Gasteiger partial charge in [-0.1, -0.05) is 18.0 Å². The van der Waals surface area contributed by atoms with Crippen LogP contribution in [0, 0.1) is 0 Å². The number of Topliss-reactive ketones (excluding diaryl/α,β-unsaturated/α-hetero) is 1. The van der Waals surface area contributed by atoms with Crippen LogP contribution in [0.2, 0.25) is 5.02 Å². The second-order valence-electron chi connectivity index (χ2n) is 5.15. The van der Waals surface area contributed by atoms with Crippen molar-refractivity contribution in [2.75, 3.05) is 0 Å². The summed E-state index contributed by atoms with van der Waals surface area (Å²) < 4.78 is 11.1. The number of carbonyl (C=O) groups excluding carboxylic acids is 1. The third-order valence-electron chi connectivity index (χ3n) is 3.63. The van der Waals surface area contributed by atoms with Gasteiger partial charge < -0.3 is 9.15 Å². The SMILES string of the molecule is CC(=O)c1ccc(OCc2nnc(C3CCC3)o2)c(Cl)c1. The molecule has 0 N–H and O–H groups in total. The maximum absolute atomic E-state index is 11.3. The van der Waals surface area contributed by atoms with Crippen molar-refractivity contribution in [3.05, 3.63) is 40.6 Å². The molecule has 0 atom stereocenters. The summed E-state index contributed by atoms with van der Waals surface area (Å²) in [6, 6.07) is 4.94. The molecule has 21 heavy (non-hydrogen) atoms. The van der Waals surface area contributed by atoms with Gasteiger partial charge in [0.05, 0.1) is 5.02 Å². The maximum atomic E-state index is 11.3. The zero-order chi connectivity index (χ0) is 14.8. The number of hydrogen-bond donors (Lipinski definition) is 0. The zero-order valence-electron chi connectivity index (χ0n) is 11.6. The molecule has 6 heteroatoms. The van der Waals surface area contributed by atoms with Gasteiger partial charge in [0.25, 0.3) is 5.89 Å². The number of aromatic nitrogens is 2. The molecule has 1 fully saturated rings. The van der Waals surface area contributed by atoms with Crippen molar-refractivity contribution in [3.63, 3.8) is 0 Å². The predicted octanol–water partition coefficient (Wildman–Crippen LogP) is 3.77. The minimum Gasteiger partial charge on any atom is -0.482 e. The van der Waals surface area contributed by atoms with Gasteiger partial charge in [-0.05, 0) is 38.0 Å². The highest BCUT2D eigenvalue weighted by Gasteiger charge is 2.25. The largest absolute Gasteiger partial charge is 0.482 e. The topological polar surface area (TPSA) is 65.2 Å². The lowest BCUT2D eigenvalue weighted by Crippen LogP contribution is -2.08. The Kier molecular flexibility index (Phi) is 3.92. The number of halogens is 1. The first-order chi connectivity index (χ1) is 10.1. The molecule has 0 bridgehead atoms. The number of rotatable bonds is 5. The van der Waals surface area contributed by atoms with Gasteiger partial charge in [0, 0.05) is 11.5 Å². The molecule has 0 saturated heterocycles. The van der Waals surface area contributed by atoms with Crippen LogP contribution >= 0.6 is 11.6 Å². The van der Waals surface area contributed by atoms with Gasteiger partial charge in [0.15, 0.2) is 12.4 Å². The molecule has 0 spiro atoms. The number of ether oxygens (including phenoxy) is 1. The van der Waals surface area contributed by atoms with E-state index in [0.717, 1.165) is 12.8 Å². The van der Waals surface area contributed by atoms with Crippen molar-refractivity contribution in [1.82, 2.24) is 10.2 Å². The van der Waals surface area contributed by atoms with Crippen LogP contribution in [0.5, 0.6) is 5.75 Å². The van der Waals surface area contributed by atoms with E-state index in [0.29, 0.717) is 34.0 Å². The fraction of sp³-hybridized carbons (Fsp3) is 0.400. The Hall–Kier alpha value is -1.88. The van der Waals surface area contributed by atoms with E-state index in [1.807, 2.05) is 0 Å². The minimum atomic E-state index is -0.0366. The molecule has 0 amide bonds. The Morgan fingerprint density at radius 2 is 2.24 bits per heavy atom. The minimum absolute atomic E-state index is 0.0366. The summed E-state index contributed by atoms with van der Waals surface area (Å²) in [5.41, 5.74) is 0.553. The fourth-order valence-corrected chi connectivity index (χ4v) is 2.36. The van der Waals surface area contributed by atoms with Crippen molar-refractivity contribution in [2.45, 2.75) is 38.7 Å². The summed E-state index contributed by atoms with van der Waals surface area (Å²) in [5, 5.41) is 8.40. The summed E-state index contributed by atoms with van der Waals surface area (Å²) in [6.07, 6.45) is 3.44. The van der Waals surface area contributed by atoms with Crippen molar-refractivity contribution < 1.29 is 13.9 Å². The fourth-order valence-electron chi connectivity index (χ4n) is 2.12. The van der Waals surface area contributed by atoms with E-state index in [1.165, 1.54) is 13.3 Å². The van der Waals surface area contributed by atoms with E-state index in [1.54, 1.807) is 18.2 Å². The lowest BCUT2D eigenvalue weighted by atomic mass is 9.85. The summed E-state index contributed by atoms with van der Waals surface area (Å²) in [6.45, 7) is 1.66. The number of carbonyl (C=O) groups is 1. The highest BCUT2D eigenvalue weighted by molar-refractivity contribution is 6.32. The first kappa shape index (κ1) is 14.1. The molecular formula is C15H15ClN2O3. The normalized spacial score (nSPS) is 14.8. The Morgan fingerprint density at radius 1 is 1.43 bits per heavy atom. The number of hydrogen-bond acceptors (Lipinski definition) is 5. The highest BCUT2D eigenvalue weighted by Crippen LogP contribution is 2.35. The lowest BCUT2D eigenvalue weighted by Gasteiger charge is -2.20. The van der Waals surface area contributed by atoms with Gasteiger partial charge >= 0.3 is 0 Å². The van der Waals surface area contributed by atoms with Crippen molar-refractivity contribution in [2.24, 2.45) is 0 Å². The molecule has 1 aliphatic carbocycles. The lowest BCUT2D eigenvalue weighted by molar-refractivity contribution is 0.101. The molecule has 2 aromatic rings. The molecule has 1 aromatic carbocycles. The van der Waals surface area contributed by atoms with Crippen LogP contribution in [0.1, 0.15) is 54.2 Å². The van der Waals surface area contributed by atoms with Crippen molar-refractivity contribution >= 4 is 17.4 Å². The molecule has 1 aromatic heterocycles. The average molecular weight is 307 g/mol. The van der Waals surface area contributed by atoms with Gasteiger partial charge in [-0.15, -0.1) is 10.2 Å². The molecule has 1 heterocycles. The van der Waals surface area contributed by atoms with Crippen LogP contribution in [-0.4, -0.2) is 16.0 Å². The van der Waals surface area contributed by atoms with Gasteiger partial charge in [-0.25, -0.2) is 0 Å². The Labute approximate surface area is 127 Å². The van der Waals surface area contributed by atoms with Crippen LogP contribution in [-0.2, 0) is 6.61 Å². The van der Waals surface area contributed by atoms with Gasteiger partial charge in [-0.2, -0.15) is 0 Å². The second kappa shape index (κ2) is 5.85. The molecular weight excluding hydrogens is 292 g/mol. The number of benzene rings is 1. The third kappa shape index (κ3) is 3.08. The van der Waals surface area contributed by atoms with E-state index in [4.69, 9.17) is 20.8 Å². The molecule has 0 unspecified atom stereocenters. The van der Waals surface area contributed by atoms with Crippen molar-refractivity contribution in [3.8, 4) is 5.75 Å². The van der Waals surface area contributed by atoms with E-state index in [2.05, 4.69) is 10.2 Å². The Balaban J connectivity index is 1.64. The van der Waals surface area contributed by atoms with Crippen LogP contribution in [0.25, 0.3) is 0 Å². The summed E-state index contributed by atoms with van der Waals surface area (Å²) in [7, 11) is 0. The Morgan fingerprint density at radius 3 is 2.86 bits per heavy atom. The average Bonchev–Trinajstić information content (AvgIpc) is 2.83. The predicted molar refractivity (Wildman–Crippen MR) is 76.7 cm³/mol. The molecule has 5 nitrogen and oxygen atoms in total. The molecule has 0 aliphatic heterocycles. The van der Waals surface area contributed by atoms with Gasteiger partial charge in [0.2, 0.25) is 5.89 Å². The third-order valence-corrected chi connectivity index (χ3v) is 3.92. The molecule has 1 saturated carbocycles. The maximum Gasteiger partial charge on any atom is 0.253 e.